The Balaban J connectivity index is 2.00. The SMILES string of the molecule is Nc1ccc(Cl)c(CN2C(=O)CCc3ccc(F)cc32)n1. The molecule has 0 unspecified atom stereocenters. The Hall–Kier alpha value is -2.14. The van der Waals surface area contributed by atoms with Crippen LogP contribution in [0.15, 0.2) is 30.3 Å². The molecule has 4 nitrogen and oxygen atoms in total. The summed E-state index contributed by atoms with van der Waals surface area (Å²) in [5.41, 5.74) is 7.67. The van der Waals surface area contributed by atoms with E-state index in [4.69, 9.17) is 17.3 Å². The number of anilines is 2. The summed E-state index contributed by atoms with van der Waals surface area (Å²) in [5.74, 6) is -0.119. The van der Waals surface area contributed by atoms with Crippen LogP contribution < -0.4 is 10.6 Å². The smallest absolute Gasteiger partial charge is 0.227 e. The summed E-state index contributed by atoms with van der Waals surface area (Å²) in [6.07, 6.45) is 1.00. The topological polar surface area (TPSA) is 59.2 Å². The number of nitrogens with zero attached hydrogens (tertiary/aromatic N) is 2. The van der Waals surface area contributed by atoms with Crippen LogP contribution in [0.25, 0.3) is 0 Å². The quantitative estimate of drug-likeness (QED) is 0.928. The molecule has 0 aliphatic carbocycles. The highest BCUT2D eigenvalue weighted by molar-refractivity contribution is 6.31. The average Bonchev–Trinajstić information content (AvgIpc) is 2.46. The van der Waals surface area contributed by atoms with Crippen LogP contribution in [0.1, 0.15) is 17.7 Å². The first kappa shape index (κ1) is 13.8. The van der Waals surface area contributed by atoms with Gasteiger partial charge in [0.25, 0.3) is 0 Å². The number of benzene rings is 1. The maximum absolute atomic E-state index is 13.5. The van der Waals surface area contributed by atoms with Crippen molar-refractivity contribution in [1.29, 1.82) is 0 Å². The number of carbonyl (C=O) groups is 1. The van der Waals surface area contributed by atoms with Gasteiger partial charge in [0.2, 0.25) is 5.91 Å². The molecule has 21 heavy (non-hydrogen) atoms. The van der Waals surface area contributed by atoms with Crippen molar-refractivity contribution in [3.63, 3.8) is 0 Å². The lowest BCUT2D eigenvalue weighted by molar-refractivity contribution is -0.119. The molecule has 0 bridgehead atoms. The average molecular weight is 306 g/mol. The minimum Gasteiger partial charge on any atom is -0.384 e. The summed E-state index contributed by atoms with van der Waals surface area (Å²) in [6.45, 7) is 0.180. The second kappa shape index (κ2) is 5.33. The van der Waals surface area contributed by atoms with Gasteiger partial charge in [0, 0.05) is 6.42 Å². The molecule has 0 atom stereocenters. The lowest BCUT2D eigenvalue weighted by Gasteiger charge is -2.29. The first-order chi connectivity index (χ1) is 10.0. The molecule has 2 N–H and O–H groups in total. The standard InChI is InChI=1S/C15H13ClFN3O/c16-11-4-5-14(18)19-12(11)8-20-13-7-10(17)3-1-9(13)2-6-15(20)21/h1,3-5,7H,2,6,8H2,(H2,18,19). The number of aryl methyl sites for hydroxylation is 1. The Labute approximate surface area is 126 Å². The van der Waals surface area contributed by atoms with Crippen LogP contribution in [0.2, 0.25) is 5.02 Å². The third-order valence-electron chi connectivity index (χ3n) is 3.50. The molecule has 1 aliphatic heterocycles. The van der Waals surface area contributed by atoms with Crippen LogP contribution >= 0.6 is 11.6 Å². The minimum atomic E-state index is -0.375. The van der Waals surface area contributed by atoms with E-state index in [2.05, 4.69) is 4.98 Å². The molecule has 2 aromatic rings. The largest absolute Gasteiger partial charge is 0.384 e. The fraction of sp³-hybridized carbons (Fsp3) is 0.200. The Morgan fingerprint density at radius 3 is 2.90 bits per heavy atom. The minimum absolute atomic E-state index is 0.0756. The van der Waals surface area contributed by atoms with Crippen LogP contribution in [0.5, 0.6) is 0 Å². The molecule has 0 saturated carbocycles. The van der Waals surface area contributed by atoms with Gasteiger partial charge in [0.1, 0.15) is 11.6 Å². The van der Waals surface area contributed by atoms with E-state index in [1.165, 1.54) is 17.0 Å². The lowest BCUT2D eigenvalue weighted by Crippen LogP contribution is -2.35. The van der Waals surface area contributed by atoms with Crippen LogP contribution in [-0.4, -0.2) is 10.9 Å². The number of fused-ring (bicyclic) bond motifs is 1. The predicted molar refractivity (Wildman–Crippen MR) is 79.6 cm³/mol. The number of hydrogen-bond donors (Lipinski definition) is 1. The molecule has 0 radical (unpaired) electrons. The summed E-state index contributed by atoms with van der Waals surface area (Å²) >= 11 is 6.09. The van der Waals surface area contributed by atoms with Crippen molar-refractivity contribution in [2.75, 3.05) is 10.6 Å². The van der Waals surface area contributed by atoms with Gasteiger partial charge in [-0.25, -0.2) is 9.37 Å². The molecule has 1 aliphatic rings. The van der Waals surface area contributed by atoms with Crippen molar-refractivity contribution in [3.05, 3.63) is 52.4 Å². The van der Waals surface area contributed by atoms with Gasteiger partial charge in [-0.05, 0) is 36.2 Å². The zero-order valence-electron chi connectivity index (χ0n) is 11.1. The number of rotatable bonds is 2. The Morgan fingerprint density at radius 1 is 1.29 bits per heavy atom. The maximum Gasteiger partial charge on any atom is 0.227 e. The first-order valence-electron chi connectivity index (χ1n) is 6.54. The van der Waals surface area contributed by atoms with Gasteiger partial charge in [0.05, 0.1) is 22.9 Å². The second-order valence-electron chi connectivity index (χ2n) is 4.92. The van der Waals surface area contributed by atoms with Crippen molar-refractivity contribution in [1.82, 2.24) is 4.98 Å². The van der Waals surface area contributed by atoms with E-state index in [1.54, 1.807) is 18.2 Å². The highest BCUT2D eigenvalue weighted by Crippen LogP contribution is 2.30. The molecule has 1 aromatic carbocycles. The van der Waals surface area contributed by atoms with Crippen LogP contribution in [-0.2, 0) is 17.8 Å². The third-order valence-corrected chi connectivity index (χ3v) is 3.84. The first-order valence-corrected chi connectivity index (χ1v) is 6.92. The lowest BCUT2D eigenvalue weighted by atomic mass is 10.0. The molecule has 0 spiro atoms. The molecule has 6 heteroatoms. The predicted octanol–water partition coefficient (Wildman–Crippen LogP) is 2.94. The number of hydrogen-bond acceptors (Lipinski definition) is 3. The summed E-state index contributed by atoms with van der Waals surface area (Å²) in [7, 11) is 0. The van der Waals surface area contributed by atoms with Gasteiger partial charge in [-0.2, -0.15) is 0 Å². The molecule has 108 valence electrons. The fourth-order valence-corrected chi connectivity index (χ4v) is 2.61. The van der Waals surface area contributed by atoms with E-state index in [9.17, 15) is 9.18 Å². The number of nitrogens with two attached hydrogens (primary N) is 1. The summed E-state index contributed by atoms with van der Waals surface area (Å²) in [5, 5.41) is 0.431. The zero-order valence-corrected chi connectivity index (χ0v) is 11.9. The van der Waals surface area contributed by atoms with Crippen LogP contribution in [0.3, 0.4) is 0 Å². The van der Waals surface area contributed by atoms with E-state index in [0.29, 0.717) is 35.1 Å². The normalized spacial score (nSPS) is 14.2. The van der Waals surface area contributed by atoms with Gasteiger partial charge >= 0.3 is 0 Å². The summed E-state index contributed by atoms with van der Waals surface area (Å²) in [6, 6.07) is 7.71. The molecule has 3 rings (SSSR count). The van der Waals surface area contributed by atoms with Crippen molar-refractivity contribution < 1.29 is 9.18 Å². The van der Waals surface area contributed by atoms with E-state index >= 15 is 0 Å². The summed E-state index contributed by atoms with van der Waals surface area (Å²) < 4.78 is 13.5. The number of amides is 1. The van der Waals surface area contributed by atoms with Gasteiger partial charge in [-0.3, -0.25) is 4.79 Å². The Bertz CT molecular complexity index is 720. The third kappa shape index (κ3) is 2.69. The van der Waals surface area contributed by atoms with Gasteiger partial charge in [-0.15, -0.1) is 0 Å². The van der Waals surface area contributed by atoms with Crippen LogP contribution in [0.4, 0.5) is 15.9 Å². The molecule has 0 saturated heterocycles. The Morgan fingerprint density at radius 2 is 2.10 bits per heavy atom. The van der Waals surface area contributed by atoms with Crippen LogP contribution in [0, 0.1) is 5.82 Å². The monoisotopic (exact) mass is 305 g/mol. The Kier molecular flexibility index (Phi) is 3.51. The molecular weight excluding hydrogens is 293 g/mol. The fourth-order valence-electron chi connectivity index (χ4n) is 2.45. The van der Waals surface area contributed by atoms with Gasteiger partial charge in [0.15, 0.2) is 0 Å². The van der Waals surface area contributed by atoms with Gasteiger partial charge < -0.3 is 10.6 Å². The van der Waals surface area contributed by atoms with Crippen molar-refractivity contribution >= 4 is 29.0 Å². The molecule has 2 heterocycles. The second-order valence-corrected chi connectivity index (χ2v) is 5.32. The highest BCUT2D eigenvalue weighted by atomic mass is 35.5. The van der Waals surface area contributed by atoms with Gasteiger partial charge in [-0.1, -0.05) is 17.7 Å². The summed E-state index contributed by atoms with van der Waals surface area (Å²) in [4.78, 5) is 17.8. The zero-order chi connectivity index (χ0) is 15.0. The molecule has 1 aromatic heterocycles. The van der Waals surface area contributed by atoms with Crippen molar-refractivity contribution in [2.45, 2.75) is 19.4 Å². The molecular formula is C15H13ClFN3O. The number of aromatic nitrogens is 1. The molecule has 1 amide bonds. The maximum atomic E-state index is 13.5. The number of pyridine rings is 1. The highest BCUT2D eigenvalue weighted by Gasteiger charge is 2.25. The number of halogens is 2. The number of nitrogen functional groups attached to an aromatic ring is 1. The van der Waals surface area contributed by atoms with Crippen molar-refractivity contribution in [3.8, 4) is 0 Å². The van der Waals surface area contributed by atoms with Crippen molar-refractivity contribution in [2.24, 2.45) is 0 Å². The molecule has 0 fully saturated rings. The van der Waals surface area contributed by atoms with E-state index in [-0.39, 0.29) is 18.3 Å². The van der Waals surface area contributed by atoms with E-state index < -0.39 is 0 Å². The van der Waals surface area contributed by atoms with E-state index in [0.717, 1.165) is 5.56 Å². The number of carbonyl (C=O) groups excluding carboxylic acids is 1. The van der Waals surface area contributed by atoms with E-state index in [1.807, 2.05) is 0 Å².